The van der Waals surface area contributed by atoms with E-state index in [2.05, 4.69) is 0 Å². The minimum Gasteiger partial charge on any atom is -0.481 e. The summed E-state index contributed by atoms with van der Waals surface area (Å²) in [5.74, 6) is -1.09. The van der Waals surface area contributed by atoms with Crippen molar-refractivity contribution < 1.29 is 19.4 Å². The van der Waals surface area contributed by atoms with Crippen molar-refractivity contribution in [3.05, 3.63) is 0 Å². The Labute approximate surface area is 101 Å². The Bertz CT molecular complexity index is 311. The molecule has 1 rings (SSSR count). The maximum Gasteiger partial charge on any atom is 0.410 e. The van der Waals surface area contributed by atoms with Crippen LogP contribution in [0.1, 0.15) is 27.2 Å². The van der Waals surface area contributed by atoms with Gasteiger partial charge in [-0.05, 0) is 20.8 Å². The van der Waals surface area contributed by atoms with Gasteiger partial charge >= 0.3 is 12.1 Å². The van der Waals surface area contributed by atoms with E-state index in [0.717, 1.165) is 0 Å². The normalized spacial score (nSPS) is 24.8. The average molecular weight is 244 g/mol. The fraction of sp³-hybridized carbons (Fsp3) is 0.818. The summed E-state index contributed by atoms with van der Waals surface area (Å²) in [7, 11) is 0. The van der Waals surface area contributed by atoms with Crippen molar-refractivity contribution in [1.29, 1.82) is 0 Å². The molecular weight excluding hydrogens is 224 g/mol. The molecule has 0 radical (unpaired) electrons. The highest BCUT2D eigenvalue weighted by atomic mass is 16.6. The second-order valence-electron chi connectivity index (χ2n) is 5.41. The number of amides is 1. The highest BCUT2D eigenvalue weighted by molar-refractivity contribution is 5.70. The van der Waals surface area contributed by atoms with Gasteiger partial charge in [-0.15, -0.1) is 0 Å². The van der Waals surface area contributed by atoms with E-state index in [0.29, 0.717) is 13.1 Å². The number of carboxylic acid groups (broad SMARTS) is 1. The third-order valence-electron chi connectivity index (χ3n) is 2.58. The summed E-state index contributed by atoms with van der Waals surface area (Å²) in [4.78, 5) is 23.8. The Morgan fingerprint density at radius 3 is 2.47 bits per heavy atom. The van der Waals surface area contributed by atoms with Crippen LogP contribution >= 0.6 is 0 Å². The molecule has 0 aromatic rings. The first-order chi connectivity index (χ1) is 7.69. The second-order valence-corrected chi connectivity index (χ2v) is 5.41. The largest absolute Gasteiger partial charge is 0.481 e. The summed E-state index contributed by atoms with van der Waals surface area (Å²) in [6.45, 7) is 6.07. The molecule has 0 spiro atoms. The first-order valence-electron chi connectivity index (χ1n) is 5.64. The molecule has 1 aliphatic heterocycles. The molecule has 2 atom stereocenters. The van der Waals surface area contributed by atoms with Crippen LogP contribution in [0, 0.1) is 5.92 Å². The lowest BCUT2D eigenvalue weighted by Crippen LogP contribution is -2.36. The Hall–Kier alpha value is -1.30. The molecular formula is C11H20N2O4. The molecule has 0 aromatic heterocycles. The van der Waals surface area contributed by atoms with Gasteiger partial charge in [0.25, 0.3) is 0 Å². The zero-order valence-corrected chi connectivity index (χ0v) is 10.5. The molecule has 0 unspecified atom stereocenters. The number of aliphatic carboxylic acids is 1. The summed E-state index contributed by atoms with van der Waals surface area (Å²) < 4.78 is 5.21. The molecule has 1 aliphatic rings. The highest BCUT2D eigenvalue weighted by Crippen LogP contribution is 2.21. The highest BCUT2D eigenvalue weighted by Gasteiger charge is 2.36. The zero-order valence-electron chi connectivity index (χ0n) is 10.5. The minimum atomic E-state index is -0.892. The number of rotatable bonds is 2. The molecule has 1 heterocycles. The number of ether oxygens (including phenoxy) is 1. The lowest BCUT2D eigenvalue weighted by molar-refractivity contribution is -0.138. The van der Waals surface area contributed by atoms with Gasteiger partial charge in [0.2, 0.25) is 0 Å². The summed E-state index contributed by atoms with van der Waals surface area (Å²) in [5.41, 5.74) is 5.26. The predicted molar refractivity (Wildman–Crippen MR) is 61.5 cm³/mol. The molecule has 0 bridgehead atoms. The van der Waals surface area contributed by atoms with Gasteiger partial charge in [0.15, 0.2) is 0 Å². The van der Waals surface area contributed by atoms with E-state index in [4.69, 9.17) is 15.6 Å². The average Bonchev–Trinajstić information content (AvgIpc) is 2.44. The number of nitrogens with zero attached hydrogens (tertiary/aromatic N) is 1. The zero-order chi connectivity index (χ0) is 13.2. The SMILES string of the molecule is CC(C)(C)OC(=O)N1C[C@H](CC(=O)O)[C@H](N)C1. The van der Waals surface area contributed by atoms with Crippen LogP contribution in [0.25, 0.3) is 0 Å². The molecule has 1 amide bonds. The molecule has 17 heavy (non-hydrogen) atoms. The molecule has 1 saturated heterocycles. The maximum absolute atomic E-state index is 11.7. The van der Waals surface area contributed by atoms with Crippen LogP contribution < -0.4 is 5.73 Å². The number of carbonyl (C=O) groups is 2. The maximum atomic E-state index is 11.7. The Morgan fingerprint density at radius 2 is 2.00 bits per heavy atom. The van der Waals surface area contributed by atoms with E-state index in [1.165, 1.54) is 4.90 Å². The first-order valence-corrected chi connectivity index (χ1v) is 5.64. The van der Waals surface area contributed by atoms with Gasteiger partial charge in [-0.25, -0.2) is 4.79 Å². The van der Waals surface area contributed by atoms with E-state index in [1.54, 1.807) is 20.8 Å². The standard InChI is InChI=1S/C11H20N2O4/c1-11(2,3)17-10(16)13-5-7(4-9(14)15)8(12)6-13/h7-8H,4-6,12H2,1-3H3,(H,14,15)/t7-,8+/m0/s1. The van der Waals surface area contributed by atoms with Crippen molar-refractivity contribution in [1.82, 2.24) is 4.90 Å². The number of hydrogen-bond donors (Lipinski definition) is 2. The van der Waals surface area contributed by atoms with Crippen LogP contribution in [0.2, 0.25) is 0 Å². The van der Waals surface area contributed by atoms with E-state index in [9.17, 15) is 9.59 Å². The van der Waals surface area contributed by atoms with Gasteiger partial charge in [0.05, 0.1) is 6.42 Å². The van der Waals surface area contributed by atoms with Crippen LogP contribution in [-0.4, -0.2) is 46.8 Å². The summed E-state index contributed by atoms with van der Waals surface area (Å²) in [6.07, 6.45) is -0.443. The Kier molecular flexibility index (Phi) is 3.98. The third-order valence-corrected chi connectivity index (χ3v) is 2.58. The Morgan fingerprint density at radius 1 is 1.41 bits per heavy atom. The fourth-order valence-electron chi connectivity index (χ4n) is 1.81. The lowest BCUT2D eigenvalue weighted by atomic mass is 10.0. The third kappa shape index (κ3) is 4.22. The van der Waals surface area contributed by atoms with Crippen molar-refractivity contribution in [3.8, 4) is 0 Å². The Balaban J connectivity index is 2.53. The topological polar surface area (TPSA) is 92.9 Å². The van der Waals surface area contributed by atoms with Gasteiger partial charge in [-0.1, -0.05) is 0 Å². The molecule has 0 aliphatic carbocycles. The monoisotopic (exact) mass is 244 g/mol. The van der Waals surface area contributed by atoms with Crippen molar-refractivity contribution in [2.45, 2.75) is 38.8 Å². The van der Waals surface area contributed by atoms with Gasteiger partial charge in [-0.3, -0.25) is 4.79 Å². The van der Waals surface area contributed by atoms with Crippen molar-refractivity contribution >= 4 is 12.1 Å². The molecule has 1 fully saturated rings. The van der Waals surface area contributed by atoms with E-state index in [-0.39, 0.29) is 18.4 Å². The van der Waals surface area contributed by atoms with Gasteiger partial charge < -0.3 is 20.5 Å². The van der Waals surface area contributed by atoms with Crippen LogP contribution in [0.15, 0.2) is 0 Å². The second kappa shape index (κ2) is 4.91. The van der Waals surface area contributed by atoms with Crippen LogP contribution in [0.4, 0.5) is 4.79 Å². The quantitative estimate of drug-likeness (QED) is 0.744. The van der Waals surface area contributed by atoms with Gasteiger partial charge in [0, 0.05) is 25.0 Å². The number of nitrogens with two attached hydrogens (primary N) is 1. The summed E-state index contributed by atoms with van der Waals surface area (Å²) in [5, 5.41) is 8.71. The fourth-order valence-corrected chi connectivity index (χ4v) is 1.81. The van der Waals surface area contributed by atoms with Crippen molar-refractivity contribution in [2.75, 3.05) is 13.1 Å². The van der Waals surface area contributed by atoms with E-state index >= 15 is 0 Å². The van der Waals surface area contributed by atoms with Gasteiger partial charge in [0.1, 0.15) is 5.60 Å². The molecule has 3 N–H and O–H groups in total. The summed E-state index contributed by atoms with van der Waals surface area (Å²) >= 11 is 0. The molecule has 0 saturated carbocycles. The first kappa shape index (κ1) is 13.8. The van der Waals surface area contributed by atoms with Gasteiger partial charge in [-0.2, -0.15) is 0 Å². The lowest BCUT2D eigenvalue weighted by Gasteiger charge is -2.24. The van der Waals surface area contributed by atoms with Crippen molar-refractivity contribution in [3.63, 3.8) is 0 Å². The van der Waals surface area contributed by atoms with Crippen LogP contribution in [-0.2, 0) is 9.53 Å². The van der Waals surface area contributed by atoms with Crippen molar-refractivity contribution in [2.24, 2.45) is 11.7 Å². The molecule has 6 heteroatoms. The minimum absolute atomic E-state index is 0.0134. The van der Waals surface area contributed by atoms with Crippen LogP contribution in [0.3, 0.4) is 0 Å². The van der Waals surface area contributed by atoms with E-state index < -0.39 is 17.7 Å². The van der Waals surface area contributed by atoms with E-state index in [1.807, 2.05) is 0 Å². The number of carboxylic acids is 1. The number of likely N-dealkylation sites (tertiary alicyclic amines) is 1. The van der Waals surface area contributed by atoms with Crippen LogP contribution in [0.5, 0.6) is 0 Å². The summed E-state index contributed by atoms with van der Waals surface area (Å²) in [6, 6.07) is -0.293. The molecule has 0 aromatic carbocycles. The molecule has 98 valence electrons. The smallest absolute Gasteiger partial charge is 0.410 e. The number of carbonyl (C=O) groups excluding carboxylic acids is 1. The molecule has 6 nitrogen and oxygen atoms in total. The predicted octanol–water partition coefficient (Wildman–Crippen LogP) is 0.655. The number of hydrogen-bond acceptors (Lipinski definition) is 4.